The number of rotatable bonds is 10. The van der Waals surface area contributed by atoms with Crippen molar-refractivity contribution in [2.24, 2.45) is 17.8 Å². The molecule has 0 aromatic rings. The van der Waals surface area contributed by atoms with Gasteiger partial charge in [0, 0.05) is 0 Å². The first-order chi connectivity index (χ1) is 13.6. The Morgan fingerprint density at radius 1 is 0.821 bits per heavy atom. The van der Waals surface area contributed by atoms with Crippen LogP contribution in [0.3, 0.4) is 0 Å². The molecule has 2 aliphatic carbocycles. The molecule has 6 nitrogen and oxygen atoms in total. The highest BCUT2D eigenvalue weighted by Crippen LogP contribution is 2.40. The van der Waals surface area contributed by atoms with E-state index in [0.717, 1.165) is 57.8 Å². The van der Waals surface area contributed by atoms with Gasteiger partial charge in [0.1, 0.15) is 0 Å². The fraction of sp³-hybridized carbons (Fsp3) is 0.909. The van der Waals surface area contributed by atoms with E-state index in [-0.39, 0.29) is 0 Å². The van der Waals surface area contributed by atoms with Crippen molar-refractivity contribution in [1.82, 2.24) is 0 Å². The second-order valence-electron chi connectivity index (χ2n) is 9.09. The van der Waals surface area contributed by atoms with Crippen LogP contribution in [0.2, 0.25) is 0 Å². The number of carbonyl (C=O) groups is 2. The Kier molecular flexibility index (Phi) is 6.56. The molecule has 0 aromatic heterocycles. The molecule has 4 aliphatic rings. The highest BCUT2D eigenvalue weighted by atomic mass is 16.6. The summed E-state index contributed by atoms with van der Waals surface area (Å²) in [6.45, 7) is 2.90. The molecule has 0 bridgehead atoms. The second kappa shape index (κ2) is 9.12. The lowest BCUT2D eigenvalue weighted by Gasteiger charge is -2.22. The summed E-state index contributed by atoms with van der Waals surface area (Å²) in [5, 5.41) is 0. The van der Waals surface area contributed by atoms with Crippen molar-refractivity contribution in [3.8, 4) is 0 Å². The fourth-order valence-electron chi connectivity index (χ4n) is 4.81. The molecule has 28 heavy (non-hydrogen) atoms. The first kappa shape index (κ1) is 20.1. The van der Waals surface area contributed by atoms with E-state index in [1.54, 1.807) is 0 Å². The molecule has 6 atom stereocenters. The Bertz CT molecular complexity index is 519. The number of hydrogen-bond donors (Lipinski definition) is 0. The van der Waals surface area contributed by atoms with Gasteiger partial charge < -0.3 is 18.9 Å². The number of epoxide rings is 2. The fourth-order valence-corrected chi connectivity index (χ4v) is 4.81. The van der Waals surface area contributed by atoms with E-state index in [4.69, 9.17) is 18.9 Å². The number of esters is 2. The topological polar surface area (TPSA) is 77.7 Å². The number of hydrogen-bond acceptors (Lipinski definition) is 6. The van der Waals surface area contributed by atoms with Gasteiger partial charge in [-0.25, -0.2) is 0 Å². The van der Waals surface area contributed by atoms with Crippen LogP contribution in [0.15, 0.2) is 0 Å². The quantitative estimate of drug-likeness (QED) is 0.245. The lowest BCUT2D eigenvalue weighted by Crippen LogP contribution is -2.31. The predicted octanol–water partition coefficient (Wildman–Crippen LogP) is 3.40. The van der Waals surface area contributed by atoms with Crippen molar-refractivity contribution in [3.63, 3.8) is 0 Å². The molecule has 6 unspecified atom stereocenters. The maximum atomic E-state index is 12.6. The van der Waals surface area contributed by atoms with Crippen LogP contribution >= 0.6 is 0 Å². The van der Waals surface area contributed by atoms with Gasteiger partial charge in [0.05, 0.1) is 37.6 Å². The summed E-state index contributed by atoms with van der Waals surface area (Å²) < 4.78 is 22.2. The van der Waals surface area contributed by atoms with Gasteiger partial charge in [-0.1, -0.05) is 26.2 Å². The van der Waals surface area contributed by atoms with Crippen LogP contribution < -0.4 is 0 Å². The van der Waals surface area contributed by atoms with Crippen molar-refractivity contribution in [3.05, 3.63) is 0 Å². The molecule has 2 saturated heterocycles. The third-order valence-electron chi connectivity index (χ3n) is 6.81. The highest BCUT2D eigenvalue weighted by molar-refractivity contribution is 5.94. The monoisotopic (exact) mass is 394 g/mol. The predicted molar refractivity (Wildman–Crippen MR) is 102 cm³/mol. The van der Waals surface area contributed by atoms with Gasteiger partial charge in [-0.2, -0.15) is 0 Å². The maximum absolute atomic E-state index is 12.6. The lowest BCUT2D eigenvalue weighted by molar-refractivity contribution is -0.164. The standard InChI is InChI=1S/C22H34O6/c1-2-3-4-5-16(21(23)25-12-14-6-8-17-19(10-14)27-17)22(24)26-13-15-7-9-18-20(11-15)28-18/h14-20H,2-13H2,1H3. The summed E-state index contributed by atoms with van der Waals surface area (Å²) in [5.41, 5.74) is 0. The summed E-state index contributed by atoms with van der Waals surface area (Å²) in [7, 11) is 0. The number of carbonyl (C=O) groups excluding carboxylic acids is 2. The molecule has 158 valence electrons. The molecule has 6 heteroatoms. The largest absolute Gasteiger partial charge is 0.465 e. The SMILES string of the molecule is CCCCCC(C(=O)OCC1CCC2OC2C1)C(=O)OCC1CCC2OC2C1. The van der Waals surface area contributed by atoms with Crippen molar-refractivity contribution >= 4 is 11.9 Å². The van der Waals surface area contributed by atoms with Gasteiger partial charge in [0.25, 0.3) is 0 Å². The average Bonchev–Trinajstić information content (AvgIpc) is 3.61. The summed E-state index contributed by atoms with van der Waals surface area (Å²) in [5.74, 6) is -0.889. The van der Waals surface area contributed by atoms with E-state index in [1.807, 2.05) is 0 Å². The van der Waals surface area contributed by atoms with Gasteiger partial charge in [0.15, 0.2) is 5.92 Å². The van der Waals surface area contributed by atoms with Crippen LogP contribution in [-0.2, 0) is 28.5 Å². The zero-order valence-corrected chi connectivity index (χ0v) is 17.0. The normalized spacial score (nSPS) is 36.6. The van der Waals surface area contributed by atoms with Crippen LogP contribution in [0.5, 0.6) is 0 Å². The van der Waals surface area contributed by atoms with E-state index in [0.29, 0.717) is 55.9 Å². The van der Waals surface area contributed by atoms with Crippen LogP contribution in [0, 0.1) is 17.8 Å². The van der Waals surface area contributed by atoms with E-state index >= 15 is 0 Å². The minimum Gasteiger partial charge on any atom is -0.465 e. The van der Waals surface area contributed by atoms with Crippen molar-refractivity contribution in [2.75, 3.05) is 13.2 Å². The van der Waals surface area contributed by atoms with Crippen LogP contribution in [-0.4, -0.2) is 49.6 Å². The van der Waals surface area contributed by atoms with E-state index < -0.39 is 17.9 Å². The molecule has 2 aliphatic heterocycles. The van der Waals surface area contributed by atoms with Gasteiger partial charge >= 0.3 is 11.9 Å². The Labute approximate surface area is 167 Å². The molecule has 4 fully saturated rings. The Balaban J connectivity index is 1.22. The van der Waals surface area contributed by atoms with Crippen molar-refractivity contribution < 1.29 is 28.5 Å². The molecule has 0 radical (unpaired) electrons. The first-order valence-corrected chi connectivity index (χ1v) is 11.3. The van der Waals surface area contributed by atoms with Gasteiger partial charge in [-0.05, 0) is 56.8 Å². The minimum atomic E-state index is -0.784. The summed E-state index contributed by atoms with van der Waals surface area (Å²) in [4.78, 5) is 25.3. The van der Waals surface area contributed by atoms with Crippen molar-refractivity contribution in [2.45, 2.75) is 95.5 Å². The summed E-state index contributed by atoms with van der Waals surface area (Å²) in [6, 6.07) is 0. The molecule has 0 N–H and O–H groups in total. The first-order valence-electron chi connectivity index (χ1n) is 11.3. The summed E-state index contributed by atoms with van der Waals surface area (Å²) in [6.07, 6.45) is 11.1. The molecule has 2 saturated carbocycles. The third kappa shape index (κ3) is 5.26. The molecule has 0 spiro atoms. The Morgan fingerprint density at radius 2 is 1.36 bits per heavy atom. The number of ether oxygens (including phenoxy) is 4. The van der Waals surface area contributed by atoms with Crippen LogP contribution in [0.25, 0.3) is 0 Å². The number of unbranched alkanes of at least 4 members (excludes halogenated alkanes) is 2. The van der Waals surface area contributed by atoms with Crippen LogP contribution in [0.4, 0.5) is 0 Å². The average molecular weight is 395 g/mol. The molecule has 0 amide bonds. The number of fused-ring (bicyclic) bond motifs is 2. The molecule has 4 rings (SSSR count). The second-order valence-corrected chi connectivity index (χ2v) is 9.09. The highest BCUT2D eigenvalue weighted by Gasteiger charge is 2.45. The molecular weight excluding hydrogens is 360 g/mol. The molecule has 2 heterocycles. The maximum Gasteiger partial charge on any atom is 0.320 e. The third-order valence-corrected chi connectivity index (χ3v) is 6.81. The zero-order valence-electron chi connectivity index (χ0n) is 17.0. The van der Waals surface area contributed by atoms with Gasteiger partial charge in [0.2, 0.25) is 0 Å². The molecule has 0 aromatic carbocycles. The summed E-state index contributed by atoms with van der Waals surface area (Å²) >= 11 is 0. The van der Waals surface area contributed by atoms with Gasteiger partial charge in [-0.15, -0.1) is 0 Å². The van der Waals surface area contributed by atoms with Crippen LogP contribution in [0.1, 0.15) is 71.1 Å². The Hall–Kier alpha value is -1.14. The van der Waals surface area contributed by atoms with Crippen molar-refractivity contribution in [1.29, 1.82) is 0 Å². The lowest BCUT2D eigenvalue weighted by atomic mass is 9.90. The Morgan fingerprint density at radius 3 is 1.82 bits per heavy atom. The van der Waals surface area contributed by atoms with Gasteiger partial charge in [-0.3, -0.25) is 9.59 Å². The van der Waals surface area contributed by atoms with E-state index in [9.17, 15) is 9.59 Å². The minimum absolute atomic E-state index is 0.355. The smallest absolute Gasteiger partial charge is 0.320 e. The zero-order chi connectivity index (χ0) is 19.5. The van der Waals surface area contributed by atoms with E-state index in [2.05, 4.69) is 6.92 Å². The molecular formula is C22H34O6. The van der Waals surface area contributed by atoms with E-state index in [1.165, 1.54) is 0 Å².